The van der Waals surface area contributed by atoms with Gasteiger partial charge >= 0.3 is 0 Å². The monoisotopic (exact) mass is 401 g/mol. The lowest BCUT2D eigenvalue weighted by Crippen LogP contribution is -2.31. The second kappa shape index (κ2) is 6.49. The van der Waals surface area contributed by atoms with Crippen molar-refractivity contribution >= 4 is 6.02 Å². The summed E-state index contributed by atoms with van der Waals surface area (Å²) in [6.07, 6.45) is 1.69. The lowest BCUT2D eigenvalue weighted by molar-refractivity contribution is 0.264. The van der Waals surface area contributed by atoms with Crippen LogP contribution in [0.4, 0.5) is 0 Å². The predicted octanol–water partition coefficient (Wildman–Crippen LogP) is 4.87. The summed E-state index contributed by atoms with van der Waals surface area (Å²) >= 11 is 0. The van der Waals surface area contributed by atoms with E-state index in [4.69, 9.17) is 24.9 Å². The van der Waals surface area contributed by atoms with Crippen LogP contribution in [-0.4, -0.2) is 17.6 Å². The van der Waals surface area contributed by atoms with E-state index in [1.54, 1.807) is 6.20 Å². The fourth-order valence-corrected chi connectivity index (χ4v) is 3.89. The van der Waals surface area contributed by atoms with Crippen LogP contribution in [0, 0.1) is 0 Å². The summed E-state index contributed by atoms with van der Waals surface area (Å²) in [4.78, 5) is 8.99. The molecule has 2 N–H and O–H groups in total. The number of rotatable bonds is 2. The summed E-state index contributed by atoms with van der Waals surface area (Å²) < 4.78 is 17.9. The van der Waals surface area contributed by atoms with Crippen molar-refractivity contribution in [3.63, 3.8) is 0 Å². The summed E-state index contributed by atoms with van der Waals surface area (Å²) in [7, 11) is 0. The fraction of sp³-hybridized carbons (Fsp3) is 0.250. The summed E-state index contributed by atoms with van der Waals surface area (Å²) in [6.45, 7) is 6.85. The van der Waals surface area contributed by atoms with E-state index in [1.165, 1.54) is 5.56 Å². The first-order chi connectivity index (χ1) is 14.3. The van der Waals surface area contributed by atoms with E-state index in [0.29, 0.717) is 24.0 Å². The molecule has 1 aromatic heterocycles. The van der Waals surface area contributed by atoms with Gasteiger partial charge in [0.15, 0.2) is 5.54 Å². The third-order valence-corrected chi connectivity index (χ3v) is 5.50. The molecule has 0 bridgehead atoms. The number of hydrogen-bond acceptors (Lipinski definition) is 6. The Bertz CT molecular complexity index is 1150. The maximum Gasteiger partial charge on any atom is 0.283 e. The lowest BCUT2D eigenvalue weighted by atomic mass is 9.78. The highest BCUT2D eigenvalue weighted by Gasteiger charge is 2.47. The zero-order chi connectivity index (χ0) is 20.9. The average molecular weight is 401 g/mol. The van der Waals surface area contributed by atoms with Crippen LogP contribution in [0.1, 0.15) is 37.5 Å². The summed E-state index contributed by atoms with van der Waals surface area (Å²) in [5.41, 5.74) is 8.18. The topological polar surface area (TPSA) is 79.0 Å². The number of ether oxygens (including phenoxy) is 3. The Kier molecular flexibility index (Phi) is 4.00. The standard InChI is InChI=1S/C24H23N3O3/c1-23(2,3)15-7-9-19-17(12-15)24(14-28-22(25)27-24)18-13-16(8-10-20(18)30-19)29-21-6-4-5-11-26-21/h4-13H,14H2,1-3H3,(H2,25,27)/t24-/m1/s1. The van der Waals surface area contributed by atoms with Crippen molar-refractivity contribution in [1.82, 2.24) is 4.98 Å². The van der Waals surface area contributed by atoms with Crippen LogP contribution in [0.2, 0.25) is 0 Å². The lowest BCUT2D eigenvalue weighted by Gasteiger charge is -2.35. The third kappa shape index (κ3) is 2.96. The van der Waals surface area contributed by atoms with Crippen molar-refractivity contribution in [2.75, 3.05) is 6.61 Å². The van der Waals surface area contributed by atoms with Gasteiger partial charge in [-0.3, -0.25) is 0 Å². The Hall–Kier alpha value is -3.54. The molecule has 0 fully saturated rings. The van der Waals surface area contributed by atoms with Crippen molar-refractivity contribution in [2.45, 2.75) is 31.7 Å². The van der Waals surface area contributed by atoms with Crippen LogP contribution in [0.5, 0.6) is 23.1 Å². The molecule has 0 aliphatic carbocycles. The maximum absolute atomic E-state index is 6.24. The van der Waals surface area contributed by atoms with Gasteiger partial charge < -0.3 is 19.9 Å². The van der Waals surface area contributed by atoms with E-state index in [9.17, 15) is 0 Å². The highest BCUT2D eigenvalue weighted by molar-refractivity contribution is 5.77. The smallest absolute Gasteiger partial charge is 0.283 e. The molecule has 30 heavy (non-hydrogen) atoms. The quantitative estimate of drug-likeness (QED) is 0.663. The van der Waals surface area contributed by atoms with Gasteiger partial charge in [0.05, 0.1) is 0 Å². The van der Waals surface area contributed by atoms with E-state index in [0.717, 1.165) is 16.9 Å². The molecule has 2 aliphatic heterocycles. The van der Waals surface area contributed by atoms with Crippen LogP contribution >= 0.6 is 0 Å². The summed E-state index contributed by atoms with van der Waals surface area (Å²) in [5, 5.41) is 0. The molecule has 3 heterocycles. The van der Waals surface area contributed by atoms with Gasteiger partial charge in [0.25, 0.3) is 6.02 Å². The van der Waals surface area contributed by atoms with Gasteiger partial charge in [-0.15, -0.1) is 0 Å². The van der Waals surface area contributed by atoms with Crippen LogP contribution in [-0.2, 0) is 15.7 Å². The minimum Gasteiger partial charge on any atom is -0.462 e. The minimum atomic E-state index is -0.780. The van der Waals surface area contributed by atoms with E-state index < -0.39 is 5.54 Å². The molecule has 2 aliphatic rings. The van der Waals surface area contributed by atoms with Crippen molar-refractivity contribution in [3.8, 4) is 23.1 Å². The molecule has 0 unspecified atom stereocenters. The van der Waals surface area contributed by atoms with Gasteiger partial charge in [0, 0.05) is 23.4 Å². The minimum absolute atomic E-state index is 0.0187. The van der Waals surface area contributed by atoms with Crippen LogP contribution in [0.15, 0.2) is 65.8 Å². The van der Waals surface area contributed by atoms with E-state index in [-0.39, 0.29) is 11.4 Å². The van der Waals surface area contributed by atoms with Crippen LogP contribution in [0.3, 0.4) is 0 Å². The molecular formula is C24H23N3O3. The van der Waals surface area contributed by atoms with Crippen molar-refractivity contribution < 1.29 is 14.2 Å². The first kappa shape index (κ1) is 18.5. The Balaban J connectivity index is 1.66. The Labute approximate surface area is 175 Å². The van der Waals surface area contributed by atoms with Crippen LogP contribution < -0.4 is 15.2 Å². The number of hydrogen-bond donors (Lipinski definition) is 1. The zero-order valence-electron chi connectivity index (χ0n) is 17.2. The Morgan fingerprint density at radius 2 is 1.77 bits per heavy atom. The van der Waals surface area contributed by atoms with Gasteiger partial charge in [-0.25, -0.2) is 9.98 Å². The van der Waals surface area contributed by atoms with E-state index >= 15 is 0 Å². The van der Waals surface area contributed by atoms with Crippen molar-refractivity contribution in [2.24, 2.45) is 10.7 Å². The predicted molar refractivity (Wildman–Crippen MR) is 114 cm³/mol. The largest absolute Gasteiger partial charge is 0.462 e. The van der Waals surface area contributed by atoms with Crippen molar-refractivity contribution in [1.29, 1.82) is 0 Å². The Morgan fingerprint density at radius 3 is 2.43 bits per heavy atom. The molecular weight excluding hydrogens is 378 g/mol. The first-order valence-corrected chi connectivity index (χ1v) is 9.90. The summed E-state index contributed by atoms with van der Waals surface area (Å²) in [6, 6.07) is 17.6. The highest BCUT2D eigenvalue weighted by Crippen LogP contribution is 2.52. The number of pyridine rings is 1. The molecule has 6 heteroatoms. The van der Waals surface area contributed by atoms with Gasteiger partial charge in [0.1, 0.15) is 23.9 Å². The molecule has 0 radical (unpaired) electrons. The van der Waals surface area contributed by atoms with Gasteiger partial charge in [-0.05, 0) is 47.4 Å². The number of amidine groups is 1. The molecule has 0 amide bonds. The highest BCUT2D eigenvalue weighted by atomic mass is 16.5. The van der Waals surface area contributed by atoms with Gasteiger partial charge in [0.2, 0.25) is 5.88 Å². The number of fused-ring (bicyclic) bond motifs is 4. The van der Waals surface area contributed by atoms with Gasteiger partial charge in [-0.1, -0.05) is 32.9 Å². The SMILES string of the molecule is CC(C)(C)c1ccc2c(c1)[C@]1(COC(N)=N1)c1cc(Oc3ccccn3)ccc1O2. The van der Waals surface area contributed by atoms with E-state index in [1.807, 2.05) is 42.5 Å². The Morgan fingerprint density at radius 1 is 1.00 bits per heavy atom. The summed E-state index contributed by atoms with van der Waals surface area (Å²) in [5.74, 6) is 2.63. The third-order valence-electron chi connectivity index (χ3n) is 5.50. The van der Waals surface area contributed by atoms with Crippen LogP contribution in [0.25, 0.3) is 0 Å². The fourth-order valence-electron chi connectivity index (χ4n) is 3.89. The molecule has 6 nitrogen and oxygen atoms in total. The molecule has 2 aromatic carbocycles. The van der Waals surface area contributed by atoms with Gasteiger partial charge in [-0.2, -0.15) is 0 Å². The normalized spacial score (nSPS) is 19.4. The molecule has 152 valence electrons. The molecule has 1 atom stereocenters. The first-order valence-electron chi connectivity index (χ1n) is 9.90. The number of nitrogens with two attached hydrogens (primary N) is 1. The number of aromatic nitrogens is 1. The molecule has 1 spiro atoms. The van der Waals surface area contributed by atoms with Crippen molar-refractivity contribution in [3.05, 3.63) is 77.5 Å². The molecule has 0 saturated carbocycles. The average Bonchev–Trinajstić information content (AvgIpc) is 3.11. The molecule has 5 rings (SSSR count). The second-order valence-electron chi connectivity index (χ2n) is 8.59. The van der Waals surface area contributed by atoms with E-state index in [2.05, 4.69) is 37.9 Å². The number of benzene rings is 2. The number of aliphatic imine (C=N–C) groups is 1. The zero-order valence-corrected chi connectivity index (χ0v) is 17.2. The maximum atomic E-state index is 6.24. The second-order valence-corrected chi connectivity index (χ2v) is 8.59. The molecule has 3 aromatic rings. The molecule has 0 saturated heterocycles. The number of nitrogens with zero attached hydrogens (tertiary/aromatic N) is 2.